The van der Waals surface area contributed by atoms with E-state index in [9.17, 15) is 14.4 Å². The molecule has 0 spiro atoms. The van der Waals surface area contributed by atoms with Gasteiger partial charge in [-0.05, 0) is 135 Å². The monoisotopic (exact) mass is 1090 g/mol. The maximum Gasteiger partial charge on any atom is 0.306 e. The fourth-order valence-electron chi connectivity index (χ4n) is 8.05. The molecule has 0 aromatic heterocycles. The van der Waals surface area contributed by atoms with Crippen LogP contribution in [-0.2, 0) is 28.6 Å². The minimum atomic E-state index is -0.812. The molecule has 1 atom stereocenters. The van der Waals surface area contributed by atoms with Crippen LogP contribution in [0.15, 0.2) is 170 Å². The number of hydrogen-bond acceptors (Lipinski definition) is 6. The molecular weight excluding hydrogens is 973 g/mol. The Kier molecular flexibility index (Phi) is 61.0. The number of hydrogen-bond donors (Lipinski definition) is 0. The van der Waals surface area contributed by atoms with Crippen LogP contribution < -0.4 is 0 Å². The van der Waals surface area contributed by atoms with Crippen molar-refractivity contribution < 1.29 is 28.6 Å². The Morgan fingerprint density at radius 2 is 0.494 bits per heavy atom. The largest absolute Gasteiger partial charge is 0.462 e. The van der Waals surface area contributed by atoms with Crippen LogP contribution in [0.3, 0.4) is 0 Å². The van der Waals surface area contributed by atoms with Gasteiger partial charge in [0.2, 0.25) is 0 Å². The molecule has 0 fully saturated rings. The van der Waals surface area contributed by atoms with E-state index in [0.29, 0.717) is 25.7 Å². The topological polar surface area (TPSA) is 78.9 Å². The quantitative estimate of drug-likeness (QED) is 0.0261. The van der Waals surface area contributed by atoms with Crippen molar-refractivity contribution in [2.24, 2.45) is 0 Å². The maximum atomic E-state index is 12.9. The molecule has 0 aliphatic rings. The van der Waals surface area contributed by atoms with Gasteiger partial charge in [-0.15, -0.1) is 0 Å². The molecule has 0 rings (SSSR count). The summed E-state index contributed by atoms with van der Waals surface area (Å²) in [6, 6.07) is 0. The minimum absolute atomic E-state index is 0.104. The van der Waals surface area contributed by atoms with E-state index in [1.165, 1.54) is 51.4 Å². The van der Waals surface area contributed by atoms with Crippen LogP contribution in [0.2, 0.25) is 0 Å². The van der Waals surface area contributed by atoms with Crippen molar-refractivity contribution in [1.82, 2.24) is 0 Å². The van der Waals surface area contributed by atoms with Gasteiger partial charge in [-0.3, -0.25) is 14.4 Å². The van der Waals surface area contributed by atoms with Crippen LogP contribution in [0, 0.1) is 0 Å². The highest BCUT2D eigenvalue weighted by Gasteiger charge is 2.19. The molecule has 0 aromatic rings. The Morgan fingerprint density at radius 3 is 0.797 bits per heavy atom. The first-order chi connectivity index (χ1) is 39.0. The Morgan fingerprint density at radius 1 is 0.266 bits per heavy atom. The van der Waals surface area contributed by atoms with Crippen LogP contribution in [0.25, 0.3) is 0 Å². The fourth-order valence-corrected chi connectivity index (χ4v) is 8.05. The second-order valence-corrected chi connectivity index (χ2v) is 20.2. The predicted octanol–water partition coefficient (Wildman–Crippen LogP) is 21.9. The highest BCUT2D eigenvalue weighted by atomic mass is 16.6. The standard InChI is InChI=1S/C73H114O6/c1-4-7-10-13-16-19-21-23-25-27-29-31-33-35-36-38-39-41-43-45-47-49-51-54-57-60-63-66-72(75)78-69-70(68-77-71(74)65-62-59-56-53-18-15-12-9-6-3)79-73(76)67-64-61-58-55-52-50-48-46-44-42-40-37-34-32-30-28-26-24-22-20-17-14-11-8-5-2/h7-8,10-11,16-17,19-20,23-26,29-32,35-37,39-41,44-47,51,54,70H,4-6,9,12-15,18,21-22,27-28,33-34,38,42-43,48-50,52-53,55-69H2,1-3H3/b10-7-,11-8-,19-16-,20-17-,25-23-,26-24-,31-29-,32-30-,36-35-,40-37-,41-39-,46-44-,47-45-,54-51-. The van der Waals surface area contributed by atoms with Crippen molar-refractivity contribution >= 4 is 17.9 Å². The first-order valence-corrected chi connectivity index (χ1v) is 31.6. The smallest absolute Gasteiger partial charge is 0.306 e. The fraction of sp³-hybridized carbons (Fsp3) is 0.575. The third-order valence-electron chi connectivity index (χ3n) is 12.7. The lowest BCUT2D eigenvalue weighted by Gasteiger charge is -2.18. The highest BCUT2D eigenvalue weighted by Crippen LogP contribution is 2.14. The van der Waals surface area contributed by atoms with Gasteiger partial charge in [0.25, 0.3) is 0 Å². The van der Waals surface area contributed by atoms with Crippen molar-refractivity contribution in [2.75, 3.05) is 13.2 Å². The van der Waals surface area contributed by atoms with Crippen LogP contribution >= 0.6 is 0 Å². The van der Waals surface area contributed by atoms with Gasteiger partial charge in [-0.2, -0.15) is 0 Å². The van der Waals surface area contributed by atoms with Crippen LogP contribution in [-0.4, -0.2) is 37.2 Å². The molecule has 0 aliphatic heterocycles. The van der Waals surface area contributed by atoms with Gasteiger partial charge in [0, 0.05) is 19.3 Å². The lowest BCUT2D eigenvalue weighted by Crippen LogP contribution is -2.30. The zero-order chi connectivity index (χ0) is 57.1. The van der Waals surface area contributed by atoms with Gasteiger partial charge in [0.1, 0.15) is 13.2 Å². The summed E-state index contributed by atoms with van der Waals surface area (Å²) in [4.78, 5) is 38.2. The van der Waals surface area contributed by atoms with Gasteiger partial charge in [0.05, 0.1) is 0 Å². The Labute approximate surface area is 485 Å². The summed E-state index contributed by atoms with van der Waals surface area (Å²) < 4.78 is 16.8. The van der Waals surface area contributed by atoms with Crippen molar-refractivity contribution in [3.63, 3.8) is 0 Å². The first-order valence-electron chi connectivity index (χ1n) is 31.6. The third-order valence-corrected chi connectivity index (χ3v) is 12.7. The van der Waals surface area contributed by atoms with E-state index in [4.69, 9.17) is 14.2 Å². The summed E-state index contributed by atoms with van der Waals surface area (Å²) in [5, 5.41) is 0. The van der Waals surface area contributed by atoms with Crippen molar-refractivity contribution in [1.29, 1.82) is 0 Å². The molecule has 6 heteroatoms. The van der Waals surface area contributed by atoms with E-state index in [1.807, 2.05) is 0 Å². The number of ether oxygens (including phenoxy) is 3. The molecule has 442 valence electrons. The van der Waals surface area contributed by atoms with E-state index in [2.05, 4.69) is 191 Å². The second kappa shape index (κ2) is 65.3. The summed E-state index contributed by atoms with van der Waals surface area (Å²) in [5.41, 5.74) is 0. The van der Waals surface area contributed by atoms with E-state index < -0.39 is 6.10 Å². The lowest BCUT2D eigenvalue weighted by atomic mass is 10.1. The zero-order valence-electron chi connectivity index (χ0n) is 50.6. The van der Waals surface area contributed by atoms with Crippen molar-refractivity contribution in [3.05, 3.63) is 170 Å². The number of carbonyl (C=O) groups is 3. The normalized spacial score (nSPS) is 13.3. The highest BCUT2D eigenvalue weighted by molar-refractivity contribution is 5.71. The summed E-state index contributed by atoms with van der Waals surface area (Å²) in [7, 11) is 0. The van der Waals surface area contributed by atoms with Gasteiger partial charge in [0.15, 0.2) is 6.10 Å². The Bertz CT molecular complexity index is 1820. The molecule has 0 radical (unpaired) electrons. The van der Waals surface area contributed by atoms with Gasteiger partial charge in [-0.1, -0.05) is 268 Å². The number of allylic oxidation sites excluding steroid dienone is 28. The van der Waals surface area contributed by atoms with E-state index in [0.717, 1.165) is 154 Å². The SMILES string of the molecule is CC/C=C\C/C=C\C/C=C\C/C=C\C/C=C\C/C=C\C/C=C\C/C=C\CCCCC(=O)OCC(COC(=O)CCCCCCCCCCC)OC(=O)CCCCCCCC/C=C\C/C=C\C/C=C\C/C=C\C/C=C\C/C=C\CC. The number of carbonyl (C=O) groups excluding carboxylic acids is 3. The molecule has 1 unspecified atom stereocenters. The average molecular weight is 1090 g/mol. The molecule has 0 saturated carbocycles. The summed E-state index contributed by atoms with van der Waals surface area (Å²) >= 11 is 0. The molecular formula is C73H114O6. The zero-order valence-corrected chi connectivity index (χ0v) is 50.6. The van der Waals surface area contributed by atoms with Crippen molar-refractivity contribution in [3.8, 4) is 0 Å². The molecule has 0 heterocycles. The molecule has 0 aromatic carbocycles. The average Bonchev–Trinajstić information content (AvgIpc) is 3.45. The number of esters is 3. The van der Waals surface area contributed by atoms with Crippen molar-refractivity contribution in [2.45, 2.75) is 258 Å². The molecule has 0 aliphatic carbocycles. The summed E-state index contributed by atoms with van der Waals surface area (Å²) in [5.74, 6) is -0.974. The summed E-state index contributed by atoms with van der Waals surface area (Å²) in [6.45, 7) is 6.33. The lowest BCUT2D eigenvalue weighted by molar-refractivity contribution is -0.167. The predicted molar refractivity (Wildman–Crippen MR) is 343 cm³/mol. The minimum Gasteiger partial charge on any atom is -0.462 e. The molecule has 0 amide bonds. The molecule has 0 bridgehead atoms. The molecule has 0 saturated heterocycles. The Balaban J connectivity index is 4.40. The molecule has 6 nitrogen and oxygen atoms in total. The molecule has 0 N–H and O–H groups in total. The molecule has 79 heavy (non-hydrogen) atoms. The second-order valence-electron chi connectivity index (χ2n) is 20.2. The number of rotatable bonds is 55. The Hall–Kier alpha value is -5.23. The van der Waals surface area contributed by atoms with E-state index >= 15 is 0 Å². The van der Waals surface area contributed by atoms with Gasteiger partial charge < -0.3 is 14.2 Å². The maximum absolute atomic E-state index is 12.9. The third kappa shape index (κ3) is 63.5. The van der Waals surface area contributed by atoms with E-state index in [-0.39, 0.29) is 31.1 Å². The summed E-state index contributed by atoms with van der Waals surface area (Å²) in [6.07, 6.45) is 96.5. The van der Waals surface area contributed by atoms with Crippen LogP contribution in [0.4, 0.5) is 0 Å². The first kappa shape index (κ1) is 73.8. The van der Waals surface area contributed by atoms with Gasteiger partial charge >= 0.3 is 17.9 Å². The van der Waals surface area contributed by atoms with E-state index in [1.54, 1.807) is 0 Å². The number of unbranched alkanes of at least 4 members (excludes halogenated alkanes) is 16. The van der Waals surface area contributed by atoms with Crippen LogP contribution in [0.5, 0.6) is 0 Å². The van der Waals surface area contributed by atoms with Crippen LogP contribution in [0.1, 0.15) is 252 Å². The van der Waals surface area contributed by atoms with Gasteiger partial charge in [-0.25, -0.2) is 0 Å².